The molecule has 4 N–H and O–H groups in total. The Morgan fingerprint density at radius 2 is 2.28 bits per heavy atom. The fourth-order valence-corrected chi connectivity index (χ4v) is 2.39. The van der Waals surface area contributed by atoms with Gasteiger partial charge in [-0.15, -0.1) is 11.6 Å². The molecular formula is C19H21ClN4O. The van der Waals surface area contributed by atoms with Crippen LogP contribution in [0.15, 0.2) is 65.3 Å². The number of nitrogen functional groups attached to an aromatic ring is 1. The molecule has 2 rings (SSSR count). The van der Waals surface area contributed by atoms with E-state index in [2.05, 4.69) is 16.9 Å². The van der Waals surface area contributed by atoms with Gasteiger partial charge in [0, 0.05) is 35.5 Å². The molecule has 0 fully saturated rings. The molecule has 1 aromatic carbocycles. The van der Waals surface area contributed by atoms with Gasteiger partial charge in [0.1, 0.15) is 5.76 Å². The Bertz CT molecular complexity index is 792. The number of benzene rings is 1. The third-order valence-electron chi connectivity index (χ3n) is 3.41. The van der Waals surface area contributed by atoms with E-state index in [-0.39, 0.29) is 0 Å². The molecule has 0 unspecified atom stereocenters. The first-order chi connectivity index (χ1) is 12.2. The molecule has 0 aliphatic rings. The van der Waals surface area contributed by atoms with E-state index in [1.165, 1.54) is 6.21 Å². The third kappa shape index (κ3) is 5.65. The summed E-state index contributed by atoms with van der Waals surface area (Å²) in [4.78, 5) is 4.21. The molecule has 0 bridgehead atoms. The number of nitrogens with two attached hydrogens (primary N) is 1. The average molecular weight is 357 g/mol. The van der Waals surface area contributed by atoms with Crippen molar-refractivity contribution in [2.24, 2.45) is 0 Å². The molecule has 5 nitrogen and oxygen atoms in total. The predicted molar refractivity (Wildman–Crippen MR) is 105 cm³/mol. The molecule has 0 amide bonds. The van der Waals surface area contributed by atoms with Crippen molar-refractivity contribution in [2.45, 2.75) is 12.8 Å². The van der Waals surface area contributed by atoms with E-state index < -0.39 is 0 Å². The van der Waals surface area contributed by atoms with Gasteiger partial charge < -0.3 is 20.9 Å². The molecule has 130 valence electrons. The summed E-state index contributed by atoms with van der Waals surface area (Å²) in [7, 11) is 0. The first-order valence-corrected chi connectivity index (χ1v) is 8.35. The summed E-state index contributed by atoms with van der Waals surface area (Å²) >= 11 is 5.77. The van der Waals surface area contributed by atoms with Crippen molar-refractivity contribution < 1.29 is 4.42 Å². The molecule has 2 aromatic rings. The molecule has 1 aromatic heterocycles. The standard InChI is InChI=1S/C19H21ClN4O/c1-2-4-14(9-10-20)5-3-6-17-13-23-19(25-17)24-16-7-8-18(22)15(11-16)12-21/h2-5,7-8,11-13,21H,1,6,9-10,22H2,(H,23,24)/b5-3-,14-4+,21-12?. The second-order valence-corrected chi connectivity index (χ2v) is 5.65. The van der Waals surface area contributed by atoms with Crippen molar-refractivity contribution >= 4 is 35.2 Å². The van der Waals surface area contributed by atoms with Crippen LogP contribution in [0, 0.1) is 5.41 Å². The summed E-state index contributed by atoms with van der Waals surface area (Å²) in [6, 6.07) is 5.71. The average Bonchev–Trinajstić information content (AvgIpc) is 3.04. The number of oxazole rings is 1. The van der Waals surface area contributed by atoms with E-state index in [0.717, 1.165) is 23.4 Å². The highest BCUT2D eigenvalue weighted by atomic mass is 35.5. The lowest BCUT2D eigenvalue weighted by Gasteiger charge is -2.05. The predicted octanol–water partition coefficient (Wildman–Crippen LogP) is 4.84. The Labute approximate surface area is 152 Å². The van der Waals surface area contributed by atoms with Crippen LogP contribution in [0.4, 0.5) is 17.4 Å². The molecule has 25 heavy (non-hydrogen) atoms. The number of nitrogens with zero attached hydrogens (tertiary/aromatic N) is 1. The number of nitrogens with one attached hydrogen (secondary N) is 2. The van der Waals surface area contributed by atoms with Crippen LogP contribution in [-0.2, 0) is 6.42 Å². The second kappa shape index (κ2) is 9.49. The molecule has 1 heterocycles. The highest BCUT2D eigenvalue weighted by Gasteiger charge is 2.05. The minimum atomic E-state index is 0.395. The van der Waals surface area contributed by atoms with Gasteiger partial charge in [-0.25, -0.2) is 4.98 Å². The van der Waals surface area contributed by atoms with Crippen LogP contribution in [0.1, 0.15) is 17.7 Å². The van der Waals surface area contributed by atoms with Gasteiger partial charge in [0.05, 0.1) is 6.20 Å². The monoisotopic (exact) mass is 356 g/mol. The number of hydrogen-bond donors (Lipinski definition) is 3. The van der Waals surface area contributed by atoms with E-state index in [1.54, 1.807) is 24.4 Å². The van der Waals surface area contributed by atoms with E-state index in [1.807, 2.05) is 24.3 Å². The summed E-state index contributed by atoms with van der Waals surface area (Å²) in [5.74, 6) is 1.31. The number of allylic oxidation sites excluding steroid dienone is 5. The normalized spacial score (nSPS) is 11.6. The first-order valence-electron chi connectivity index (χ1n) is 7.82. The maximum Gasteiger partial charge on any atom is 0.299 e. The molecular weight excluding hydrogens is 336 g/mol. The van der Waals surface area contributed by atoms with Gasteiger partial charge in [0.25, 0.3) is 6.01 Å². The Hall–Kier alpha value is -2.79. The molecule has 0 aliphatic carbocycles. The molecule has 0 spiro atoms. The number of anilines is 3. The largest absolute Gasteiger partial charge is 0.428 e. The summed E-state index contributed by atoms with van der Waals surface area (Å²) in [5, 5.41) is 10.4. The van der Waals surface area contributed by atoms with Crippen LogP contribution < -0.4 is 11.1 Å². The topological polar surface area (TPSA) is 87.9 Å². The Balaban J connectivity index is 1.99. The molecule has 0 saturated heterocycles. The van der Waals surface area contributed by atoms with E-state index >= 15 is 0 Å². The van der Waals surface area contributed by atoms with Crippen LogP contribution in [0.5, 0.6) is 0 Å². The van der Waals surface area contributed by atoms with Crippen LogP contribution in [-0.4, -0.2) is 17.1 Å². The molecule has 0 aliphatic heterocycles. The fraction of sp³-hybridized carbons (Fsp3) is 0.158. The van der Waals surface area contributed by atoms with Crippen molar-refractivity contribution in [3.63, 3.8) is 0 Å². The summed E-state index contributed by atoms with van der Waals surface area (Å²) in [6.45, 7) is 3.70. The highest BCUT2D eigenvalue weighted by molar-refractivity contribution is 6.18. The third-order valence-corrected chi connectivity index (χ3v) is 3.60. The van der Waals surface area contributed by atoms with Gasteiger partial charge in [-0.2, -0.15) is 0 Å². The van der Waals surface area contributed by atoms with E-state index in [9.17, 15) is 0 Å². The SMILES string of the molecule is C=C/C=C(\C=C/Cc1cnc(Nc2ccc(N)c(C=N)c2)o1)CCCl. The lowest BCUT2D eigenvalue weighted by Crippen LogP contribution is -1.96. The number of rotatable bonds is 9. The Kier molecular flexibility index (Phi) is 7.04. The maximum atomic E-state index is 7.34. The zero-order valence-corrected chi connectivity index (χ0v) is 14.6. The van der Waals surface area contributed by atoms with Gasteiger partial charge in [0.2, 0.25) is 0 Å². The van der Waals surface area contributed by atoms with E-state index in [4.69, 9.17) is 27.2 Å². The van der Waals surface area contributed by atoms with Gasteiger partial charge in [-0.3, -0.25) is 0 Å². The fourth-order valence-electron chi connectivity index (χ4n) is 2.17. The number of alkyl halides is 1. The molecule has 0 radical (unpaired) electrons. The first kappa shape index (κ1) is 18.5. The maximum absolute atomic E-state index is 7.34. The lowest BCUT2D eigenvalue weighted by molar-refractivity contribution is 0.534. The smallest absolute Gasteiger partial charge is 0.299 e. The zero-order chi connectivity index (χ0) is 18.1. The lowest BCUT2D eigenvalue weighted by atomic mass is 10.1. The van der Waals surface area contributed by atoms with Crippen LogP contribution in [0.2, 0.25) is 0 Å². The van der Waals surface area contributed by atoms with Crippen molar-refractivity contribution in [1.82, 2.24) is 4.98 Å². The summed E-state index contributed by atoms with van der Waals surface area (Å²) in [5.41, 5.74) is 8.84. The van der Waals surface area contributed by atoms with Gasteiger partial charge >= 0.3 is 0 Å². The van der Waals surface area contributed by atoms with Crippen LogP contribution in [0.25, 0.3) is 0 Å². The number of halogens is 1. The van der Waals surface area contributed by atoms with Crippen LogP contribution >= 0.6 is 11.6 Å². The molecule has 0 atom stereocenters. The highest BCUT2D eigenvalue weighted by Crippen LogP contribution is 2.21. The number of aromatic nitrogens is 1. The van der Waals surface area contributed by atoms with Crippen molar-refractivity contribution in [1.29, 1.82) is 5.41 Å². The van der Waals surface area contributed by atoms with Crippen molar-refractivity contribution in [3.8, 4) is 0 Å². The molecule has 0 saturated carbocycles. The van der Waals surface area contributed by atoms with E-state index in [0.29, 0.717) is 29.6 Å². The summed E-state index contributed by atoms with van der Waals surface area (Å²) < 4.78 is 5.67. The number of hydrogen-bond acceptors (Lipinski definition) is 5. The minimum Gasteiger partial charge on any atom is -0.428 e. The van der Waals surface area contributed by atoms with Gasteiger partial charge in [-0.1, -0.05) is 30.9 Å². The minimum absolute atomic E-state index is 0.395. The summed E-state index contributed by atoms with van der Waals surface area (Å²) in [6.07, 6.45) is 12.0. The zero-order valence-electron chi connectivity index (χ0n) is 13.8. The van der Waals surface area contributed by atoms with Gasteiger partial charge in [0.15, 0.2) is 0 Å². The quantitative estimate of drug-likeness (QED) is 0.259. The molecule has 6 heteroatoms. The van der Waals surface area contributed by atoms with Crippen LogP contribution in [0.3, 0.4) is 0 Å². The Morgan fingerprint density at radius 1 is 1.44 bits per heavy atom. The Morgan fingerprint density at radius 3 is 3.00 bits per heavy atom. The second-order valence-electron chi connectivity index (χ2n) is 5.27. The van der Waals surface area contributed by atoms with Gasteiger partial charge in [-0.05, 0) is 30.2 Å². The van der Waals surface area contributed by atoms with Crippen molar-refractivity contribution in [3.05, 3.63) is 72.2 Å². The van der Waals surface area contributed by atoms with Crippen molar-refractivity contribution in [2.75, 3.05) is 16.9 Å².